The molecular formula is C30H45O10P. The molecule has 1 fully saturated rings. The third kappa shape index (κ3) is 12.2. The van der Waals surface area contributed by atoms with E-state index < -0.39 is 50.2 Å². The molecule has 2 rings (SSSR count). The molecule has 1 aromatic rings. The van der Waals surface area contributed by atoms with E-state index in [4.69, 9.17) is 34.4 Å². The van der Waals surface area contributed by atoms with Crippen LogP contribution in [0.5, 0.6) is 5.75 Å². The smallest absolute Gasteiger partial charge is 0.330 e. The first kappa shape index (κ1) is 34.8. The number of benzene rings is 1. The fourth-order valence-electron chi connectivity index (χ4n) is 4.67. The summed E-state index contributed by atoms with van der Waals surface area (Å²) in [4.78, 5) is 23.9. The zero-order chi connectivity index (χ0) is 30.3. The van der Waals surface area contributed by atoms with Crippen molar-refractivity contribution in [1.82, 2.24) is 0 Å². The lowest BCUT2D eigenvalue weighted by Gasteiger charge is -2.43. The zero-order valence-corrected chi connectivity index (χ0v) is 25.5. The fraction of sp³-hybridized carbons (Fsp3) is 0.667. The number of aliphatic hydroxyl groups is 1. The Hall–Kier alpha value is -2.41. The van der Waals surface area contributed by atoms with E-state index in [1.165, 1.54) is 13.8 Å². The van der Waals surface area contributed by atoms with Gasteiger partial charge in [-0.3, -0.25) is 14.2 Å². The highest BCUT2D eigenvalue weighted by atomic mass is 31.2. The molecule has 0 unspecified atom stereocenters. The monoisotopic (exact) mass is 596 g/mol. The highest BCUT2D eigenvalue weighted by Gasteiger charge is 2.51. The van der Waals surface area contributed by atoms with Gasteiger partial charge in [-0.25, -0.2) is 0 Å². The highest BCUT2D eigenvalue weighted by Crippen LogP contribution is 2.49. The number of carbonyl (C=O) groups is 2. The largest absolute Gasteiger partial charge is 0.461 e. The van der Waals surface area contributed by atoms with Gasteiger partial charge in [-0.1, -0.05) is 31.4 Å². The molecule has 10 nitrogen and oxygen atoms in total. The predicted molar refractivity (Wildman–Crippen MR) is 153 cm³/mol. The van der Waals surface area contributed by atoms with E-state index in [0.717, 1.165) is 50.5 Å². The van der Waals surface area contributed by atoms with Crippen LogP contribution in [0.2, 0.25) is 0 Å². The minimum Gasteiger partial charge on any atom is -0.461 e. The Morgan fingerprint density at radius 1 is 0.951 bits per heavy atom. The summed E-state index contributed by atoms with van der Waals surface area (Å²) in [6.07, 6.45) is 6.47. The second-order valence-corrected chi connectivity index (χ2v) is 12.1. The summed E-state index contributed by atoms with van der Waals surface area (Å²) < 4.78 is 46.6. The maximum absolute atomic E-state index is 13.0. The normalized spacial score (nSPS) is 22.5. The molecule has 0 aliphatic carbocycles. The molecule has 0 radical (unpaired) electrons. The number of aryl methyl sites for hydroxylation is 1. The number of terminal acetylenes is 1. The van der Waals surface area contributed by atoms with Crippen LogP contribution in [0.25, 0.3) is 0 Å². The molecule has 1 aliphatic heterocycles. The molecule has 41 heavy (non-hydrogen) atoms. The quantitative estimate of drug-likeness (QED) is 0.105. The second-order valence-electron chi connectivity index (χ2n) is 9.87. The number of esters is 2. The lowest BCUT2D eigenvalue weighted by atomic mass is 9.96. The molecule has 1 saturated heterocycles. The summed E-state index contributed by atoms with van der Waals surface area (Å²) in [6.45, 7) is 6.16. The summed E-state index contributed by atoms with van der Waals surface area (Å²) >= 11 is 0. The van der Waals surface area contributed by atoms with Crippen LogP contribution in [-0.2, 0) is 43.8 Å². The van der Waals surface area contributed by atoms with E-state index in [2.05, 4.69) is 5.92 Å². The molecular weight excluding hydrogens is 551 g/mol. The Morgan fingerprint density at radius 3 is 2.12 bits per heavy atom. The Bertz CT molecular complexity index is 1010. The molecule has 0 amide bonds. The van der Waals surface area contributed by atoms with Gasteiger partial charge in [0.2, 0.25) is 12.4 Å². The Morgan fingerprint density at radius 2 is 1.54 bits per heavy atom. The molecule has 0 bridgehead atoms. The number of unbranched alkanes of at least 4 members (excludes halogenated alkanes) is 5. The zero-order valence-electron chi connectivity index (χ0n) is 24.6. The third-order valence-corrected chi connectivity index (χ3v) is 8.63. The summed E-state index contributed by atoms with van der Waals surface area (Å²) in [6, 6.07) is 7.48. The van der Waals surface area contributed by atoms with Gasteiger partial charge in [-0.05, 0) is 57.2 Å². The second kappa shape index (κ2) is 18.2. The van der Waals surface area contributed by atoms with Gasteiger partial charge in [0.1, 0.15) is 11.9 Å². The van der Waals surface area contributed by atoms with Crippen molar-refractivity contribution in [3.63, 3.8) is 0 Å². The maximum atomic E-state index is 13.0. The first-order chi connectivity index (χ1) is 19.6. The van der Waals surface area contributed by atoms with E-state index >= 15 is 0 Å². The number of aliphatic hydroxyl groups excluding tert-OH is 1. The highest BCUT2D eigenvalue weighted by molar-refractivity contribution is 7.53. The van der Waals surface area contributed by atoms with Gasteiger partial charge in [0, 0.05) is 20.3 Å². The Labute approximate surface area is 243 Å². The average molecular weight is 597 g/mol. The van der Waals surface area contributed by atoms with Crippen LogP contribution in [0, 0.1) is 12.3 Å². The van der Waals surface area contributed by atoms with Gasteiger partial charge in [-0.15, -0.1) is 12.3 Å². The first-order valence-corrected chi connectivity index (χ1v) is 16.1. The minimum atomic E-state index is -3.44. The van der Waals surface area contributed by atoms with E-state index in [-0.39, 0.29) is 25.8 Å². The van der Waals surface area contributed by atoms with Crippen molar-refractivity contribution in [2.75, 3.05) is 19.4 Å². The number of rotatable bonds is 18. The van der Waals surface area contributed by atoms with Crippen LogP contribution in [0.3, 0.4) is 0 Å². The molecule has 0 spiro atoms. The van der Waals surface area contributed by atoms with Gasteiger partial charge in [0.25, 0.3) is 0 Å². The van der Waals surface area contributed by atoms with E-state index in [1.807, 2.05) is 12.1 Å². The molecule has 11 heteroatoms. The van der Waals surface area contributed by atoms with E-state index in [1.54, 1.807) is 26.0 Å². The Balaban J connectivity index is 2.14. The SMILES string of the molecule is C#CCCCCCCCc1ccc(O[C@H]2O[C@H](CCP(=O)(OCC)OCC)[C@@H](O)[C@H](OC(C)=O)[C@@H]2OC(C)=O)cc1. The summed E-state index contributed by atoms with van der Waals surface area (Å²) in [5.41, 5.74) is 1.15. The van der Waals surface area contributed by atoms with Crippen molar-refractivity contribution >= 4 is 19.5 Å². The van der Waals surface area contributed by atoms with Crippen LogP contribution in [0.4, 0.5) is 0 Å². The van der Waals surface area contributed by atoms with Gasteiger partial charge in [0.15, 0.2) is 6.10 Å². The van der Waals surface area contributed by atoms with Crippen molar-refractivity contribution < 1.29 is 47.3 Å². The average Bonchev–Trinajstić information content (AvgIpc) is 2.91. The van der Waals surface area contributed by atoms with Crippen LogP contribution in [0.15, 0.2) is 24.3 Å². The minimum absolute atomic E-state index is 0.0462. The fourth-order valence-corrected chi connectivity index (χ4v) is 6.36. The van der Waals surface area contributed by atoms with Gasteiger partial charge >= 0.3 is 19.5 Å². The van der Waals surface area contributed by atoms with E-state index in [0.29, 0.717) is 5.75 Å². The van der Waals surface area contributed by atoms with Crippen molar-refractivity contribution in [1.29, 1.82) is 0 Å². The lowest BCUT2D eigenvalue weighted by Crippen LogP contribution is -2.61. The standard InChI is InChI=1S/C30H45O10P/c1-6-9-10-11-12-13-14-15-24-16-18-25(19-17-24)39-30-29(38-23(5)32)28(37-22(4)31)27(33)26(40-30)20-21-41(34,35-7-2)36-8-3/h1,16-19,26-30,33H,7-15,20-21H2,2-5H3/t26-,27-,28+,29+,30+/m1/s1. The molecule has 1 N–H and O–H groups in total. The number of ether oxygens (including phenoxy) is 4. The molecule has 1 heterocycles. The molecule has 0 saturated carbocycles. The summed E-state index contributed by atoms with van der Waals surface area (Å²) in [7, 11) is -3.44. The van der Waals surface area contributed by atoms with Crippen LogP contribution >= 0.6 is 7.60 Å². The first-order valence-electron chi connectivity index (χ1n) is 14.4. The number of carbonyl (C=O) groups excluding carboxylic acids is 2. The maximum Gasteiger partial charge on any atom is 0.330 e. The van der Waals surface area contributed by atoms with Gasteiger partial charge in [0.05, 0.1) is 25.5 Å². The van der Waals surface area contributed by atoms with Crippen molar-refractivity contribution in [3.8, 4) is 18.1 Å². The number of hydrogen-bond donors (Lipinski definition) is 1. The van der Waals surface area contributed by atoms with Gasteiger partial charge < -0.3 is 33.1 Å². The molecule has 0 aromatic heterocycles. The third-order valence-electron chi connectivity index (χ3n) is 6.52. The lowest BCUT2D eigenvalue weighted by molar-refractivity contribution is -0.280. The van der Waals surface area contributed by atoms with Crippen molar-refractivity contribution in [2.45, 2.75) is 110 Å². The van der Waals surface area contributed by atoms with Crippen LogP contribution in [0.1, 0.15) is 78.2 Å². The summed E-state index contributed by atoms with van der Waals surface area (Å²) in [5, 5.41) is 11.1. The predicted octanol–water partition coefficient (Wildman–Crippen LogP) is 5.19. The van der Waals surface area contributed by atoms with Crippen molar-refractivity contribution in [3.05, 3.63) is 29.8 Å². The van der Waals surface area contributed by atoms with Gasteiger partial charge in [-0.2, -0.15) is 0 Å². The topological polar surface area (TPSA) is 127 Å². The van der Waals surface area contributed by atoms with Crippen molar-refractivity contribution in [2.24, 2.45) is 0 Å². The molecule has 230 valence electrons. The molecule has 1 aromatic carbocycles. The van der Waals surface area contributed by atoms with Crippen LogP contribution in [-0.4, -0.2) is 67.1 Å². The Kier molecular flexibility index (Phi) is 15.4. The van der Waals surface area contributed by atoms with Crippen LogP contribution < -0.4 is 4.74 Å². The number of hydrogen-bond acceptors (Lipinski definition) is 10. The summed E-state index contributed by atoms with van der Waals surface area (Å²) in [5.74, 6) is 1.76. The van der Waals surface area contributed by atoms with E-state index in [9.17, 15) is 19.3 Å². The molecule has 5 atom stereocenters. The molecule has 1 aliphatic rings.